The van der Waals surface area contributed by atoms with E-state index in [2.05, 4.69) is 254 Å². The predicted octanol–water partition coefficient (Wildman–Crippen LogP) is 17.5. The van der Waals surface area contributed by atoms with Gasteiger partial charge in [-0.05, 0) is 111 Å². The molecule has 13 rings (SSSR count). The van der Waals surface area contributed by atoms with E-state index < -0.39 is 0 Å². The van der Waals surface area contributed by atoms with Gasteiger partial charge in [0.15, 0.2) is 0 Å². The van der Waals surface area contributed by atoms with Crippen LogP contribution in [-0.2, 0) is 5.41 Å². The van der Waals surface area contributed by atoms with Gasteiger partial charge in [-0.1, -0.05) is 178 Å². The highest BCUT2D eigenvalue weighted by atomic mass is 16.3. The first-order valence-corrected chi connectivity index (χ1v) is 22.8. The van der Waals surface area contributed by atoms with Gasteiger partial charge in [0.2, 0.25) is 0 Å². The van der Waals surface area contributed by atoms with Crippen molar-refractivity contribution >= 4 is 60.8 Å². The molecule has 0 fully saturated rings. The quantitative estimate of drug-likeness (QED) is 0.159. The number of para-hydroxylation sites is 4. The van der Waals surface area contributed by atoms with E-state index in [4.69, 9.17) is 4.42 Å². The van der Waals surface area contributed by atoms with Gasteiger partial charge in [0.1, 0.15) is 11.2 Å². The smallest absolute Gasteiger partial charge is 0.143 e. The topological polar surface area (TPSA) is 21.3 Å². The van der Waals surface area contributed by atoms with Crippen molar-refractivity contribution in [3.63, 3.8) is 0 Å². The van der Waals surface area contributed by atoms with E-state index in [-0.39, 0.29) is 5.41 Å². The van der Waals surface area contributed by atoms with Gasteiger partial charge >= 0.3 is 0 Å². The molecule has 3 heteroatoms. The van der Waals surface area contributed by atoms with Gasteiger partial charge in [-0.15, -0.1) is 0 Å². The van der Waals surface area contributed by atoms with Crippen LogP contribution < -0.4 is 4.90 Å². The third-order valence-corrected chi connectivity index (χ3v) is 14.0. The Balaban J connectivity index is 0.982. The lowest BCUT2D eigenvalue weighted by Gasteiger charge is -2.29. The molecule has 1 aliphatic rings. The van der Waals surface area contributed by atoms with Crippen LogP contribution in [-0.4, -0.2) is 4.57 Å². The average Bonchev–Trinajstić information content (AvgIpc) is 4.00. The van der Waals surface area contributed by atoms with E-state index in [1.165, 1.54) is 55.2 Å². The molecule has 0 amide bonds. The van der Waals surface area contributed by atoms with Crippen LogP contribution in [0.15, 0.2) is 235 Å². The Morgan fingerprint density at radius 1 is 0.379 bits per heavy atom. The second-order valence-corrected chi connectivity index (χ2v) is 18.1. The molecule has 10 aromatic carbocycles. The molecule has 3 nitrogen and oxygen atoms in total. The summed E-state index contributed by atoms with van der Waals surface area (Å²) < 4.78 is 9.17. The third kappa shape index (κ3) is 5.90. The number of hydrogen-bond donors (Lipinski definition) is 0. The van der Waals surface area contributed by atoms with E-state index in [0.29, 0.717) is 0 Å². The molecule has 0 bridgehead atoms. The zero-order valence-electron chi connectivity index (χ0n) is 36.7. The van der Waals surface area contributed by atoms with Crippen molar-refractivity contribution in [2.75, 3.05) is 4.90 Å². The van der Waals surface area contributed by atoms with Crippen molar-refractivity contribution in [1.82, 2.24) is 4.57 Å². The number of anilines is 3. The number of nitrogens with zero attached hydrogens (tertiary/aromatic N) is 2. The van der Waals surface area contributed by atoms with Gasteiger partial charge in [0, 0.05) is 55.1 Å². The van der Waals surface area contributed by atoms with Crippen molar-refractivity contribution in [1.29, 1.82) is 0 Å². The molecule has 66 heavy (non-hydrogen) atoms. The molecule has 0 spiro atoms. The zero-order valence-corrected chi connectivity index (χ0v) is 36.7. The van der Waals surface area contributed by atoms with Crippen LogP contribution in [0, 0.1) is 0 Å². The summed E-state index contributed by atoms with van der Waals surface area (Å²) >= 11 is 0. The molecule has 12 aromatic rings. The Labute approximate surface area is 384 Å². The maximum Gasteiger partial charge on any atom is 0.143 e. The maximum atomic E-state index is 6.80. The molecule has 2 aromatic heterocycles. The highest BCUT2D eigenvalue weighted by Gasteiger charge is 2.35. The van der Waals surface area contributed by atoms with Gasteiger partial charge in [-0.3, -0.25) is 0 Å². The van der Waals surface area contributed by atoms with Gasteiger partial charge in [0.25, 0.3) is 0 Å². The molecular formula is C63H44N2O. The summed E-state index contributed by atoms with van der Waals surface area (Å²) in [4.78, 5) is 2.42. The lowest BCUT2D eigenvalue weighted by atomic mass is 9.81. The van der Waals surface area contributed by atoms with Crippen LogP contribution in [0.3, 0.4) is 0 Å². The molecular weight excluding hydrogens is 801 g/mol. The minimum Gasteiger partial charge on any atom is -0.455 e. The Morgan fingerprint density at radius 2 is 0.955 bits per heavy atom. The molecule has 0 atom stereocenters. The molecule has 312 valence electrons. The average molecular weight is 845 g/mol. The summed E-state index contributed by atoms with van der Waals surface area (Å²) in [5, 5.41) is 4.66. The minimum atomic E-state index is -0.0706. The molecule has 2 heterocycles. The number of rotatable bonds is 7. The Morgan fingerprint density at radius 3 is 1.71 bits per heavy atom. The van der Waals surface area contributed by atoms with Gasteiger partial charge in [0.05, 0.1) is 16.7 Å². The molecule has 0 unspecified atom stereocenters. The lowest BCUT2D eigenvalue weighted by molar-refractivity contribution is 0.660. The van der Waals surface area contributed by atoms with Crippen molar-refractivity contribution in [3.05, 3.63) is 242 Å². The van der Waals surface area contributed by atoms with Crippen LogP contribution in [0.25, 0.3) is 93.9 Å². The summed E-state index contributed by atoms with van der Waals surface area (Å²) in [5.74, 6) is 0. The Bertz CT molecular complexity index is 3780. The first-order valence-electron chi connectivity index (χ1n) is 22.8. The lowest BCUT2D eigenvalue weighted by Crippen LogP contribution is -2.14. The molecule has 0 saturated carbocycles. The van der Waals surface area contributed by atoms with E-state index in [9.17, 15) is 0 Å². The molecule has 0 aliphatic heterocycles. The standard InChI is InChI=1S/C63H44N2O/c1-63(2)56-23-11-6-19-49(56)50-37-32-44(38-57(50)63)41-28-33-45(34-29-41)64(58-24-12-7-18-48(58)42-16-4-3-5-17-42)47-39-54(62-55(40-47)53-22-10-15-27-61(53)66-62)43-30-35-46(36-31-43)65-59-25-13-8-20-51(59)52-21-9-14-26-60(52)65/h3-40H,1-2H3. The van der Waals surface area contributed by atoms with Crippen LogP contribution in [0.4, 0.5) is 17.1 Å². The van der Waals surface area contributed by atoms with Crippen LogP contribution in [0.2, 0.25) is 0 Å². The number of aromatic nitrogens is 1. The third-order valence-electron chi connectivity index (χ3n) is 14.0. The summed E-state index contributed by atoms with van der Waals surface area (Å²) in [6.45, 7) is 4.70. The Kier molecular flexibility index (Phi) is 8.56. The molecule has 0 radical (unpaired) electrons. The first kappa shape index (κ1) is 38.1. The van der Waals surface area contributed by atoms with Crippen molar-refractivity contribution < 1.29 is 4.42 Å². The zero-order chi connectivity index (χ0) is 43.9. The molecule has 0 saturated heterocycles. The minimum absolute atomic E-state index is 0.0706. The molecule has 1 aliphatic carbocycles. The first-order chi connectivity index (χ1) is 32.5. The second-order valence-electron chi connectivity index (χ2n) is 18.1. The van der Waals surface area contributed by atoms with Crippen molar-refractivity contribution in [3.8, 4) is 50.2 Å². The van der Waals surface area contributed by atoms with Crippen molar-refractivity contribution in [2.45, 2.75) is 19.3 Å². The fourth-order valence-electron chi connectivity index (χ4n) is 10.8. The van der Waals surface area contributed by atoms with Crippen molar-refractivity contribution in [2.24, 2.45) is 0 Å². The fraction of sp³-hybridized carbons (Fsp3) is 0.0476. The van der Waals surface area contributed by atoms with Crippen LogP contribution >= 0.6 is 0 Å². The van der Waals surface area contributed by atoms with Gasteiger partial charge in [-0.25, -0.2) is 0 Å². The summed E-state index contributed by atoms with van der Waals surface area (Å²) in [5.41, 5.74) is 20.6. The number of hydrogen-bond acceptors (Lipinski definition) is 2. The molecule has 0 N–H and O–H groups in total. The SMILES string of the molecule is CC1(C)c2ccccc2-c2ccc(-c3ccc(N(c4cc(-c5ccc(-n6c7ccccc7c7ccccc76)cc5)c5oc6ccccc6c5c4)c4ccccc4-c4ccccc4)cc3)cc21. The number of fused-ring (bicyclic) bond motifs is 9. The highest BCUT2D eigenvalue weighted by molar-refractivity contribution is 6.12. The van der Waals surface area contributed by atoms with Crippen LogP contribution in [0.1, 0.15) is 25.0 Å². The van der Waals surface area contributed by atoms with Gasteiger partial charge in [-0.2, -0.15) is 0 Å². The largest absolute Gasteiger partial charge is 0.455 e. The van der Waals surface area contributed by atoms with E-state index >= 15 is 0 Å². The Hall–Kier alpha value is -8.40. The predicted molar refractivity (Wildman–Crippen MR) is 277 cm³/mol. The normalized spacial score (nSPS) is 12.8. The van der Waals surface area contributed by atoms with Gasteiger partial charge < -0.3 is 13.9 Å². The summed E-state index contributed by atoms with van der Waals surface area (Å²) in [6.07, 6.45) is 0. The van der Waals surface area contributed by atoms with Crippen LogP contribution in [0.5, 0.6) is 0 Å². The monoisotopic (exact) mass is 844 g/mol. The van der Waals surface area contributed by atoms with E-state index in [0.717, 1.165) is 66.9 Å². The van der Waals surface area contributed by atoms with E-state index in [1.807, 2.05) is 0 Å². The number of furan rings is 1. The second kappa shape index (κ2) is 14.8. The summed E-state index contributed by atoms with van der Waals surface area (Å²) in [6, 6.07) is 83.8. The highest BCUT2D eigenvalue weighted by Crippen LogP contribution is 2.50. The number of benzene rings is 10. The van der Waals surface area contributed by atoms with E-state index in [1.54, 1.807) is 0 Å². The maximum absolute atomic E-state index is 6.80. The fourth-order valence-corrected chi connectivity index (χ4v) is 10.8. The summed E-state index contributed by atoms with van der Waals surface area (Å²) in [7, 11) is 0.